The molecule has 2 N–H and O–H groups in total. The van der Waals surface area contributed by atoms with Crippen molar-refractivity contribution >= 4 is 23.8 Å². The van der Waals surface area contributed by atoms with E-state index >= 15 is 0 Å². The van der Waals surface area contributed by atoms with E-state index in [-0.39, 0.29) is 0 Å². The van der Waals surface area contributed by atoms with Gasteiger partial charge in [-0.05, 0) is 0 Å². The van der Waals surface area contributed by atoms with E-state index in [9.17, 15) is 9.36 Å². The summed E-state index contributed by atoms with van der Waals surface area (Å²) in [4.78, 5) is 9.70. The SMILES string of the molecule is NC(=O)O[P+](=O)OP. The summed E-state index contributed by atoms with van der Waals surface area (Å²) < 4.78 is 17.8. The zero-order valence-electron chi connectivity index (χ0n) is 3.73. The van der Waals surface area contributed by atoms with Crippen molar-refractivity contribution in [2.75, 3.05) is 0 Å². The third-order valence-corrected chi connectivity index (χ3v) is 1.27. The lowest BCUT2D eigenvalue weighted by atomic mass is 11.3. The molecule has 2 atom stereocenters. The molecule has 0 aromatic heterocycles. The van der Waals surface area contributed by atoms with Crippen LogP contribution in [0.25, 0.3) is 0 Å². The molecular weight excluding hydrogens is 152 g/mol. The average Bonchev–Trinajstić information content (AvgIpc) is 1.65. The lowest BCUT2D eigenvalue weighted by molar-refractivity contribution is 0.209. The Kier molecular flexibility index (Phi) is 3.61. The molecule has 0 spiro atoms. The summed E-state index contributed by atoms with van der Waals surface area (Å²) in [6.45, 7) is 0. The highest BCUT2D eigenvalue weighted by molar-refractivity contribution is 7.40. The van der Waals surface area contributed by atoms with Crippen molar-refractivity contribution in [1.82, 2.24) is 0 Å². The van der Waals surface area contributed by atoms with Gasteiger partial charge in [0.05, 0.1) is 9.47 Å². The number of hydrogen-bond donors (Lipinski definition) is 1. The normalized spacial score (nSPS) is 10.4. The molecule has 0 aliphatic rings. The van der Waals surface area contributed by atoms with Gasteiger partial charge in [-0.3, -0.25) is 0 Å². The fourth-order valence-electron chi connectivity index (χ4n) is 0.0950. The lowest BCUT2D eigenvalue weighted by Crippen LogP contribution is -2.07. The number of rotatable bonds is 2. The van der Waals surface area contributed by atoms with Crippen molar-refractivity contribution < 1.29 is 18.2 Å². The highest BCUT2D eigenvalue weighted by atomic mass is 31.2. The van der Waals surface area contributed by atoms with Crippen LogP contribution in [0.4, 0.5) is 4.79 Å². The van der Waals surface area contributed by atoms with Crippen molar-refractivity contribution in [2.24, 2.45) is 5.73 Å². The zero-order chi connectivity index (χ0) is 6.57. The van der Waals surface area contributed by atoms with Crippen LogP contribution in [0.15, 0.2) is 0 Å². The molecule has 0 fully saturated rings. The maximum absolute atomic E-state index is 10.0. The van der Waals surface area contributed by atoms with Gasteiger partial charge in [-0.1, -0.05) is 4.31 Å². The van der Waals surface area contributed by atoms with Gasteiger partial charge in [0.2, 0.25) is 0 Å². The van der Waals surface area contributed by atoms with Gasteiger partial charge in [0.15, 0.2) is 0 Å². The highest BCUT2D eigenvalue weighted by Gasteiger charge is 2.21. The minimum Gasteiger partial charge on any atom is -0.331 e. The highest BCUT2D eigenvalue weighted by Crippen LogP contribution is 2.25. The van der Waals surface area contributed by atoms with E-state index < -0.39 is 14.3 Å². The number of carbonyl (C=O) groups excluding carboxylic acids is 1. The zero-order valence-corrected chi connectivity index (χ0v) is 5.78. The fourth-order valence-corrected chi connectivity index (χ4v) is 0.414. The molecule has 46 valence electrons. The Balaban J connectivity index is 3.40. The van der Waals surface area contributed by atoms with Crippen LogP contribution in [0.2, 0.25) is 0 Å². The van der Waals surface area contributed by atoms with Crippen LogP contribution in [-0.2, 0) is 13.4 Å². The maximum Gasteiger partial charge on any atom is 0.757 e. The number of nitrogens with two attached hydrogens (primary N) is 1. The van der Waals surface area contributed by atoms with Crippen molar-refractivity contribution in [3.8, 4) is 0 Å². The molecule has 0 radical (unpaired) electrons. The Morgan fingerprint density at radius 2 is 2.25 bits per heavy atom. The Morgan fingerprint density at radius 3 is 2.38 bits per heavy atom. The number of carbonyl (C=O) groups is 1. The third kappa shape index (κ3) is 3.93. The van der Waals surface area contributed by atoms with Crippen molar-refractivity contribution in [3.63, 3.8) is 0 Å². The molecule has 0 rings (SSSR count). The molecule has 8 heavy (non-hydrogen) atoms. The first-order valence-corrected chi connectivity index (χ1v) is 3.05. The molecule has 0 bridgehead atoms. The predicted octanol–water partition coefficient (Wildman–Crippen LogP) is 0.546. The second-order valence-electron chi connectivity index (χ2n) is 0.739. The summed E-state index contributed by atoms with van der Waals surface area (Å²) in [7, 11) is -0.712. The molecule has 7 heteroatoms. The summed E-state index contributed by atoms with van der Waals surface area (Å²) in [5.74, 6) is 0. The van der Waals surface area contributed by atoms with Gasteiger partial charge in [-0.2, -0.15) is 4.52 Å². The summed E-state index contributed by atoms with van der Waals surface area (Å²) in [5.41, 5.74) is 4.43. The van der Waals surface area contributed by atoms with Crippen molar-refractivity contribution in [2.45, 2.75) is 0 Å². The standard InChI is InChI=1S/CH3NO4P2/c2-1(3)5-8(4)6-7/h7H2,(H-,2,3)/p+1. The molecule has 0 saturated carbocycles. The minimum atomic E-state index is -2.38. The topological polar surface area (TPSA) is 78.6 Å². The van der Waals surface area contributed by atoms with E-state index in [1.807, 2.05) is 0 Å². The maximum atomic E-state index is 10.0. The second kappa shape index (κ2) is 3.72. The number of amides is 1. The van der Waals surface area contributed by atoms with E-state index in [0.29, 0.717) is 0 Å². The van der Waals surface area contributed by atoms with Crippen LogP contribution in [0.1, 0.15) is 0 Å². The Bertz CT molecular complexity index is 113. The molecule has 0 aliphatic heterocycles. The van der Waals surface area contributed by atoms with Gasteiger partial charge in [0.1, 0.15) is 0 Å². The van der Waals surface area contributed by atoms with Gasteiger partial charge >= 0.3 is 14.3 Å². The number of primary amides is 1. The molecular formula is CH4NO4P2+. The molecule has 0 heterocycles. The van der Waals surface area contributed by atoms with Crippen LogP contribution in [0.3, 0.4) is 0 Å². The van der Waals surface area contributed by atoms with Crippen LogP contribution < -0.4 is 5.73 Å². The molecule has 1 amide bonds. The summed E-state index contributed by atoms with van der Waals surface area (Å²) in [5, 5.41) is 0. The molecule has 0 aliphatic carbocycles. The first-order chi connectivity index (χ1) is 3.66. The van der Waals surface area contributed by atoms with E-state index in [0.717, 1.165) is 0 Å². The van der Waals surface area contributed by atoms with E-state index in [1.165, 1.54) is 0 Å². The van der Waals surface area contributed by atoms with Gasteiger partial charge < -0.3 is 5.73 Å². The fraction of sp³-hybridized carbons (Fsp3) is 0. The molecule has 5 nitrogen and oxygen atoms in total. The quantitative estimate of drug-likeness (QED) is 0.592. The lowest BCUT2D eigenvalue weighted by Gasteiger charge is -1.76. The Labute approximate surface area is 48.8 Å². The third-order valence-electron chi connectivity index (χ3n) is 0.251. The average molecular weight is 156 g/mol. The van der Waals surface area contributed by atoms with Crippen molar-refractivity contribution in [3.05, 3.63) is 0 Å². The van der Waals surface area contributed by atoms with Gasteiger partial charge in [-0.15, -0.1) is 0 Å². The second-order valence-corrected chi connectivity index (χ2v) is 2.21. The van der Waals surface area contributed by atoms with E-state index in [2.05, 4.69) is 14.6 Å². The minimum absolute atomic E-state index is 1.12. The molecule has 2 unspecified atom stereocenters. The van der Waals surface area contributed by atoms with E-state index in [1.54, 1.807) is 9.47 Å². The largest absolute Gasteiger partial charge is 0.757 e. The molecule has 0 aromatic carbocycles. The summed E-state index contributed by atoms with van der Waals surface area (Å²) in [6.07, 6.45) is -1.12. The number of hydrogen-bond acceptors (Lipinski definition) is 4. The first-order valence-electron chi connectivity index (χ1n) is 1.48. The van der Waals surface area contributed by atoms with Crippen LogP contribution in [-0.4, -0.2) is 6.09 Å². The summed E-state index contributed by atoms with van der Waals surface area (Å²) >= 11 is 0. The Hall–Kier alpha value is -0.240. The van der Waals surface area contributed by atoms with Crippen LogP contribution in [0, 0.1) is 0 Å². The summed E-state index contributed by atoms with van der Waals surface area (Å²) in [6, 6.07) is 0. The van der Waals surface area contributed by atoms with Gasteiger partial charge in [0, 0.05) is 4.57 Å². The van der Waals surface area contributed by atoms with Crippen molar-refractivity contribution in [1.29, 1.82) is 0 Å². The predicted molar refractivity (Wildman–Crippen MR) is 29.1 cm³/mol. The first kappa shape index (κ1) is 7.76. The molecule has 0 aromatic rings. The van der Waals surface area contributed by atoms with Crippen LogP contribution >= 0.6 is 17.7 Å². The van der Waals surface area contributed by atoms with Gasteiger partial charge in [-0.25, -0.2) is 4.79 Å². The smallest absolute Gasteiger partial charge is 0.331 e. The van der Waals surface area contributed by atoms with Crippen LogP contribution in [0.5, 0.6) is 0 Å². The van der Waals surface area contributed by atoms with E-state index in [4.69, 9.17) is 0 Å². The molecule has 0 saturated heterocycles. The Morgan fingerprint density at radius 1 is 1.75 bits per heavy atom. The van der Waals surface area contributed by atoms with Gasteiger partial charge in [0.25, 0.3) is 0 Å². The monoisotopic (exact) mass is 156 g/mol.